The zero-order valence-electron chi connectivity index (χ0n) is 27.0. The first-order chi connectivity index (χ1) is 20.8. The van der Waals surface area contributed by atoms with Gasteiger partial charge in [-0.3, -0.25) is 9.78 Å². The Morgan fingerprint density at radius 2 is 1.77 bits per heavy atom. The molecule has 2 heterocycles. The zero-order valence-corrected chi connectivity index (χ0v) is 27.8. The van der Waals surface area contributed by atoms with Gasteiger partial charge in [-0.15, -0.1) is 0 Å². The maximum absolute atomic E-state index is 12.9. The lowest BCUT2D eigenvalue weighted by Crippen LogP contribution is -2.49. The van der Waals surface area contributed by atoms with Gasteiger partial charge in [0.1, 0.15) is 5.60 Å². The number of hydrogen-bond donors (Lipinski definition) is 1. The Labute approximate surface area is 262 Å². The summed E-state index contributed by atoms with van der Waals surface area (Å²) in [6.45, 7) is 13.4. The summed E-state index contributed by atoms with van der Waals surface area (Å²) in [6.07, 6.45) is 8.41. The first-order valence-corrected chi connectivity index (χ1v) is 17.3. The molecule has 3 atom stereocenters. The molecule has 2 aromatic rings. The average Bonchev–Trinajstić information content (AvgIpc) is 3.26. The third-order valence-electron chi connectivity index (χ3n) is 9.12. The van der Waals surface area contributed by atoms with E-state index in [4.69, 9.17) is 8.92 Å². The number of amides is 1. The molecule has 11 heteroatoms. The van der Waals surface area contributed by atoms with Crippen LogP contribution in [-0.2, 0) is 36.7 Å². The van der Waals surface area contributed by atoms with Gasteiger partial charge < -0.3 is 19.1 Å². The maximum atomic E-state index is 12.9. The van der Waals surface area contributed by atoms with E-state index < -0.39 is 21.7 Å². The van der Waals surface area contributed by atoms with E-state index in [1.54, 1.807) is 0 Å². The summed E-state index contributed by atoms with van der Waals surface area (Å²) in [5, 5.41) is 2.96. The number of benzene rings is 1. The third kappa shape index (κ3) is 8.15. The van der Waals surface area contributed by atoms with E-state index in [1.165, 1.54) is 30.4 Å². The number of likely N-dealkylation sites (tertiary alicyclic amines) is 1. The fourth-order valence-electron chi connectivity index (χ4n) is 6.63. The van der Waals surface area contributed by atoms with Crippen LogP contribution in [0.25, 0.3) is 0 Å². The van der Waals surface area contributed by atoms with Crippen LogP contribution < -0.4 is 5.32 Å². The van der Waals surface area contributed by atoms with Crippen LogP contribution in [0, 0.1) is 11.3 Å². The van der Waals surface area contributed by atoms with E-state index in [0.29, 0.717) is 18.2 Å². The predicted octanol–water partition coefficient (Wildman–Crippen LogP) is 5.76. The Balaban J connectivity index is 1.37. The number of fused-ring (bicyclic) bond motifs is 1. The van der Waals surface area contributed by atoms with Crippen LogP contribution in [0.4, 0.5) is 4.79 Å². The van der Waals surface area contributed by atoms with Crippen LogP contribution in [0.3, 0.4) is 0 Å². The van der Waals surface area contributed by atoms with Gasteiger partial charge in [-0.1, -0.05) is 44.5 Å². The number of nitrogens with one attached hydrogen (secondary N) is 1. The molecule has 0 radical (unpaired) electrons. The van der Waals surface area contributed by atoms with Gasteiger partial charge in [0.15, 0.2) is 0 Å². The molecule has 1 aliphatic heterocycles. The number of hydrogen-bond acceptors (Lipinski definition) is 9. The minimum absolute atomic E-state index is 0.0438. The molecule has 1 N–H and O–H groups in total. The van der Waals surface area contributed by atoms with E-state index in [2.05, 4.69) is 52.2 Å². The molecule has 2 unspecified atom stereocenters. The summed E-state index contributed by atoms with van der Waals surface area (Å²) in [6, 6.07) is 8.69. The lowest BCUT2D eigenvalue weighted by molar-refractivity contribution is -0.133. The summed E-state index contributed by atoms with van der Waals surface area (Å²) in [7, 11) is -4.32. The molecule has 1 aromatic heterocycles. The number of piperidine rings is 1. The van der Waals surface area contributed by atoms with Crippen LogP contribution >= 0.6 is 0 Å². The van der Waals surface area contributed by atoms with E-state index in [-0.39, 0.29) is 34.9 Å². The first kappa shape index (κ1) is 33.8. The standard InChI is InChI=1S/C33H48N4O6S/c1-7-24(21-27-30(35-18-17-34-27)44(40,41)43-28(38)8-2)14-13-23(3)37-19-15-33(16-20-37)22-25-11-9-10-12-26(25)29(33)36-31(39)42-32(4,5)6/h9-12,17-18,23-24,29H,7-8,13-16,19-22H2,1-6H3,(H,36,39)/t23?,24?,29-/m1/s1. The lowest BCUT2D eigenvalue weighted by Gasteiger charge is -2.45. The van der Waals surface area contributed by atoms with E-state index in [0.717, 1.165) is 51.6 Å². The molecule has 1 saturated heterocycles. The molecule has 0 saturated carbocycles. The number of nitrogens with zero attached hydrogens (tertiary/aromatic N) is 3. The van der Waals surface area contributed by atoms with Gasteiger partial charge >= 0.3 is 22.2 Å². The second-order valence-electron chi connectivity index (χ2n) is 13.3. The monoisotopic (exact) mass is 628 g/mol. The van der Waals surface area contributed by atoms with Gasteiger partial charge in [0, 0.05) is 30.3 Å². The van der Waals surface area contributed by atoms with Gasteiger partial charge in [-0.05, 0) is 96.4 Å². The molecule has 4 rings (SSSR count). The third-order valence-corrected chi connectivity index (χ3v) is 10.3. The first-order valence-electron chi connectivity index (χ1n) is 15.9. The molecule has 1 amide bonds. The van der Waals surface area contributed by atoms with Crippen molar-refractivity contribution < 1.29 is 26.9 Å². The summed E-state index contributed by atoms with van der Waals surface area (Å²) in [5.41, 5.74) is 2.23. The highest BCUT2D eigenvalue weighted by molar-refractivity contribution is 7.87. The fourth-order valence-corrected chi connectivity index (χ4v) is 7.68. The SMILES string of the molecule is CCC(=O)OS(=O)(=O)c1nccnc1CC(CC)CCC(C)N1CCC2(CC1)Cc1ccccc1[C@H]2NC(=O)OC(C)(C)C. The average molecular weight is 629 g/mol. The van der Waals surface area contributed by atoms with Crippen molar-refractivity contribution in [1.29, 1.82) is 0 Å². The van der Waals surface area contributed by atoms with Crippen molar-refractivity contribution >= 4 is 22.2 Å². The smallest absolute Gasteiger partial charge is 0.408 e. The van der Waals surface area contributed by atoms with Crippen LogP contribution in [0.2, 0.25) is 0 Å². The Hall–Kier alpha value is -3.05. The van der Waals surface area contributed by atoms with Gasteiger partial charge in [-0.25, -0.2) is 9.78 Å². The molecule has 0 bridgehead atoms. The molecule has 10 nitrogen and oxygen atoms in total. The van der Waals surface area contributed by atoms with Crippen LogP contribution in [0.5, 0.6) is 0 Å². The Bertz CT molecular complexity index is 1420. The predicted molar refractivity (Wildman–Crippen MR) is 167 cm³/mol. The van der Waals surface area contributed by atoms with E-state index in [1.807, 2.05) is 26.8 Å². The van der Waals surface area contributed by atoms with Gasteiger partial charge in [0.05, 0.1) is 11.7 Å². The van der Waals surface area contributed by atoms with Crippen molar-refractivity contribution in [1.82, 2.24) is 20.2 Å². The molecule has 1 fully saturated rings. The summed E-state index contributed by atoms with van der Waals surface area (Å²) < 4.78 is 35.8. The van der Waals surface area contributed by atoms with Crippen LogP contribution in [0.15, 0.2) is 41.7 Å². The molecule has 1 spiro atoms. The highest BCUT2D eigenvalue weighted by atomic mass is 32.2. The normalized spacial score (nSPS) is 19.6. The molecular weight excluding hydrogens is 580 g/mol. The number of rotatable bonds is 11. The molecule has 2 aliphatic rings. The molecular formula is C33H48N4O6S. The summed E-state index contributed by atoms with van der Waals surface area (Å²) >= 11 is 0. The largest absolute Gasteiger partial charge is 0.444 e. The number of aromatic nitrogens is 2. The number of carbonyl (C=O) groups is 2. The molecule has 1 aromatic carbocycles. The van der Waals surface area contributed by atoms with Crippen molar-refractivity contribution in [3.05, 3.63) is 53.5 Å². The molecule has 1 aliphatic carbocycles. The van der Waals surface area contributed by atoms with Crippen molar-refractivity contribution in [3.63, 3.8) is 0 Å². The quantitative estimate of drug-likeness (QED) is 0.309. The van der Waals surface area contributed by atoms with Crippen LogP contribution in [-0.4, -0.2) is 60.1 Å². The Morgan fingerprint density at radius 1 is 1.09 bits per heavy atom. The Kier molecular flexibility index (Phi) is 10.7. The second kappa shape index (κ2) is 13.9. The number of ether oxygens (including phenoxy) is 1. The van der Waals surface area contributed by atoms with Crippen LogP contribution in [0.1, 0.15) is 103 Å². The maximum Gasteiger partial charge on any atom is 0.408 e. The number of carbonyl (C=O) groups excluding carboxylic acids is 2. The van der Waals surface area contributed by atoms with Crippen molar-refractivity contribution in [2.75, 3.05) is 13.1 Å². The lowest BCUT2D eigenvalue weighted by atomic mass is 9.72. The Morgan fingerprint density at radius 3 is 2.43 bits per heavy atom. The van der Waals surface area contributed by atoms with Gasteiger partial charge in [0.25, 0.3) is 0 Å². The topological polar surface area (TPSA) is 128 Å². The summed E-state index contributed by atoms with van der Waals surface area (Å²) in [5.74, 6) is -0.618. The molecule has 44 heavy (non-hydrogen) atoms. The highest BCUT2D eigenvalue weighted by Gasteiger charge is 2.49. The minimum atomic E-state index is -4.32. The minimum Gasteiger partial charge on any atom is -0.444 e. The van der Waals surface area contributed by atoms with Gasteiger partial charge in [0.2, 0.25) is 5.03 Å². The fraction of sp³-hybridized carbons (Fsp3) is 0.636. The van der Waals surface area contributed by atoms with Gasteiger partial charge in [-0.2, -0.15) is 8.42 Å². The van der Waals surface area contributed by atoms with Crippen molar-refractivity contribution in [2.45, 2.75) is 116 Å². The summed E-state index contributed by atoms with van der Waals surface area (Å²) in [4.78, 5) is 35.4. The zero-order chi connectivity index (χ0) is 32.1. The van der Waals surface area contributed by atoms with Crippen molar-refractivity contribution in [2.24, 2.45) is 11.3 Å². The highest BCUT2D eigenvalue weighted by Crippen LogP contribution is 2.52. The molecule has 242 valence electrons. The van der Waals surface area contributed by atoms with E-state index in [9.17, 15) is 18.0 Å². The van der Waals surface area contributed by atoms with E-state index >= 15 is 0 Å². The second-order valence-corrected chi connectivity index (χ2v) is 14.8. The number of alkyl carbamates (subject to hydrolysis) is 1. The van der Waals surface area contributed by atoms with Crippen molar-refractivity contribution in [3.8, 4) is 0 Å².